The molecule has 1 heterocycles. The summed E-state index contributed by atoms with van der Waals surface area (Å²) in [6.45, 7) is 1.84. The van der Waals surface area contributed by atoms with Crippen molar-refractivity contribution in [3.63, 3.8) is 0 Å². The maximum atomic E-state index is 13.0. The largest absolute Gasteiger partial charge is 0.398 e. The molecule has 2 rings (SSSR count). The Labute approximate surface area is 101 Å². The van der Waals surface area contributed by atoms with Gasteiger partial charge in [-0.2, -0.15) is 0 Å². The van der Waals surface area contributed by atoms with Gasteiger partial charge in [-0.15, -0.1) is 0 Å². The molecule has 0 amide bonds. The Kier molecular flexibility index (Phi) is 2.92. The van der Waals surface area contributed by atoms with Crippen LogP contribution in [0.15, 0.2) is 34.9 Å². The summed E-state index contributed by atoms with van der Waals surface area (Å²) in [5.74, 6) is -0.249. The predicted octanol–water partition coefficient (Wildman–Crippen LogP) is 3.54. The van der Waals surface area contributed by atoms with Gasteiger partial charge in [0.25, 0.3) is 0 Å². The summed E-state index contributed by atoms with van der Waals surface area (Å²) in [5, 5.41) is 0. The number of aryl methyl sites for hydroxylation is 1. The Hall–Kier alpha value is -1.42. The van der Waals surface area contributed by atoms with Gasteiger partial charge in [-0.3, -0.25) is 4.98 Å². The Balaban J connectivity index is 2.63. The Morgan fingerprint density at radius 3 is 2.75 bits per heavy atom. The molecule has 0 spiro atoms. The Morgan fingerprint density at radius 1 is 1.31 bits per heavy atom. The number of hydrogen-bond acceptors (Lipinski definition) is 2. The van der Waals surface area contributed by atoms with Crippen LogP contribution in [0.3, 0.4) is 0 Å². The van der Waals surface area contributed by atoms with E-state index in [4.69, 9.17) is 5.73 Å². The number of benzene rings is 1. The van der Waals surface area contributed by atoms with E-state index in [9.17, 15) is 4.39 Å². The Morgan fingerprint density at radius 2 is 2.06 bits per heavy atom. The van der Waals surface area contributed by atoms with E-state index in [2.05, 4.69) is 20.9 Å². The first-order valence-electron chi connectivity index (χ1n) is 4.76. The van der Waals surface area contributed by atoms with Crippen molar-refractivity contribution in [2.75, 3.05) is 5.73 Å². The third-order valence-corrected chi connectivity index (χ3v) is 3.20. The third kappa shape index (κ3) is 1.93. The monoisotopic (exact) mass is 280 g/mol. The highest BCUT2D eigenvalue weighted by atomic mass is 79.9. The fourth-order valence-corrected chi connectivity index (χ4v) is 1.99. The molecular formula is C12H10BrFN2. The number of anilines is 1. The van der Waals surface area contributed by atoms with Crippen LogP contribution in [0.25, 0.3) is 11.3 Å². The predicted molar refractivity (Wildman–Crippen MR) is 66.5 cm³/mol. The highest BCUT2D eigenvalue weighted by Gasteiger charge is 2.10. The second kappa shape index (κ2) is 4.22. The molecule has 0 saturated carbocycles. The summed E-state index contributed by atoms with van der Waals surface area (Å²) >= 11 is 3.39. The zero-order valence-electron chi connectivity index (χ0n) is 8.67. The van der Waals surface area contributed by atoms with E-state index in [0.717, 1.165) is 21.3 Å². The SMILES string of the molecule is Cc1cc(F)ccc1-c1nccc(N)c1Br. The van der Waals surface area contributed by atoms with Crippen LogP contribution in [-0.2, 0) is 0 Å². The molecule has 0 bridgehead atoms. The molecule has 1 aromatic heterocycles. The van der Waals surface area contributed by atoms with Gasteiger partial charge in [-0.25, -0.2) is 4.39 Å². The van der Waals surface area contributed by atoms with E-state index < -0.39 is 0 Å². The number of nitrogen functional groups attached to an aromatic ring is 1. The lowest BCUT2D eigenvalue weighted by Gasteiger charge is -2.08. The van der Waals surface area contributed by atoms with E-state index in [1.807, 2.05) is 6.92 Å². The lowest BCUT2D eigenvalue weighted by Crippen LogP contribution is -1.94. The molecule has 2 N–H and O–H groups in total. The fourth-order valence-electron chi connectivity index (χ4n) is 1.54. The highest BCUT2D eigenvalue weighted by molar-refractivity contribution is 9.10. The normalized spacial score (nSPS) is 10.4. The van der Waals surface area contributed by atoms with Gasteiger partial charge < -0.3 is 5.73 Å². The van der Waals surface area contributed by atoms with Crippen molar-refractivity contribution in [3.8, 4) is 11.3 Å². The molecule has 16 heavy (non-hydrogen) atoms. The molecule has 0 aliphatic heterocycles. The van der Waals surface area contributed by atoms with Gasteiger partial charge in [0.05, 0.1) is 10.2 Å². The number of nitrogens with two attached hydrogens (primary N) is 1. The van der Waals surface area contributed by atoms with Crippen molar-refractivity contribution in [3.05, 3.63) is 46.3 Å². The van der Waals surface area contributed by atoms with Crippen LogP contribution in [0.4, 0.5) is 10.1 Å². The van der Waals surface area contributed by atoms with Crippen molar-refractivity contribution in [2.45, 2.75) is 6.92 Å². The summed E-state index contributed by atoms with van der Waals surface area (Å²) < 4.78 is 13.7. The van der Waals surface area contributed by atoms with Gasteiger partial charge >= 0.3 is 0 Å². The van der Waals surface area contributed by atoms with Crippen molar-refractivity contribution < 1.29 is 4.39 Å². The van der Waals surface area contributed by atoms with Crippen LogP contribution in [0.2, 0.25) is 0 Å². The summed E-state index contributed by atoms with van der Waals surface area (Å²) in [7, 11) is 0. The fraction of sp³-hybridized carbons (Fsp3) is 0.0833. The zero-order valence-corrected chi connectivity index (χ0v) is 10.3. The molecule has 2 nitrogen and oxygen atoms in total. The van der Waals surface area contributed by atoms with Crippen molar-refractivity contribution in [1.82, 2.24) is 4.98 Å². The van der Waals surface area contributed by atoms with Crippen LogP contribution in [0.1, 0.15) is 5.56 Å². The van der Waals surface area contributed by atoms with Crippen LogP contribution in [0, 0.1) is 12.7 Å². The molecular weight excluding hydrogens is 271 g/mol. The molecule has 0 saturated heterocycles. The van der Waals surface area contributed by atoms with E-state index in [0.29, 0.717) is 5.69 Å². The average molecular weight is 281 g/mol. The smallest absolute Gasteiger partial charge is 0.123 e. The first-order valence-corrected chi connectivity index (χ1v) is 5.55. The van der Waals surface area contributed by atoms with Crippen molar-refractivity contribution in [2.24, 2.45) is 0 Å². The molecule has 0 radical (unpaired) electrons. The molecule has 0 fully saturated rings. The van der Waals surface area contributed by atoms with Gasteiger partial charge in [-0.05, 0) is 52.7 Å². The molecule has 0 aliphatic rings. The maximum Gasteiger partial charge on any atom is 0.123 e. The lowest BCUT2D eigenvalue weighted by atomic mass is 10.0. The van der Waals surface area contributed by atoms with E-state index >= 15 is 0 Å². The second-order valence-electron chi connectivity index (χ2n) is 3.52. The molecule has 82 valence electrons. The number of hydrogen-bond donors (Lipinski definition) is 1. The van der Waals surface area contributed by atoms with Crippen molar-refractivity contribution >= 4 is 21.6 Å². The number of halogens is 2. The molecule has 0 aliphatic carbocycles. The number of nitrogens with zero attached hydrogens (tertiary/aromatic N) is 1. The minimum atomic E-state index is -0.249. The molecule has 0 atom stereocenters. The van der Waals surface area contributed by atoms with Crippen molar-refractivity contribution in [1.29, 1.82) is 0 Å². The molecule has 2 aromatic rings. The van der Waals surface area contributed by atoms with Crippen LogP contribution < -0.4 is 5.73 Å². The second-order valence-corrected chi connectivity index (χ2v) is 4.32. The standard InChI is InChI=1S/C12H10BrFN2/c1-7-6-8(14)2-3-9(7)12-11(13)10(15)4-5-16-12/h2-6H,1H3,(H2,15,16). The van der Waals surface area contributed by atoms with E-state index in [1.165, 1.54) is 12.1 Å². The summed E-state index contributed by atoms with van der Waals surface area (Å²) in [6, 6.07) is 6.32. The van der Waals surface area contributed by atoms with Gasteiger partial charge in [0, 0.05) is 17.4 Å². The quantitative estimate of drug-likeness (QED) is 0.868. The van der Waals surface area contributed by atoms with Gasteiger partial charge in [0.2, 0.25) is 0 Å². The van der Waals surface area contributed by atoms with Crippen LogP contribution in [-0.4, -0.2) is 4.98 Å². The summed E-state index contributed by atoms with van der Waals surface area (Å²) in [5.41, 5.74) is 8.84. The molecule has 0 unspecified atom stereocenters. The van der Waals surface area contributed by atoms with Crippen LogP contribution >= 0.6 is 15.9 Å². The lowest BCUT2D eigenvalue weighted by molar-refractivity contribution is 0.627. The van der Waals surface area contributed by atoms with Gasteiger partial charge in [0.1, 0.15) is 5.82 Å². The number of pyridine rings is 1. The summed E-state index contributed by atoms with van der Waals surface area (Å²) in [6.07, 6.45) is 1.64. The van der Waals surface area contributed by atoms with Gasteiger partial charge in [0.15, 0.2) is 0 Å². The zero-order chi connectivity index (χ0) is 11.7. The molecule has 1 aromatic carbocycles. The average Bonchev–Trinajstić information content (AvgIpc) is 2.23. The first kappa shape index (κ1) is 11.1. The highest BCUT2D eigenvalue weighted by Crippen LogP contribution is 2.32. The first-order chi connectivity index (χ1) is 7.59. The third-order valence-electron chi connectivity index (χ3n) is 2.36. The van der Waals surface area contributed by atoms with Crippen LogP contribution in [0.5, 0.6) is 0 Å². The minimum absolute atomic E-state index is 0.249. The van der Waals surface area contributed by atoms with E-state index in [-0.39, 0.29) is 5.82 Å². The maximum absolute atomic E-state index is 13.0. The summed E-state index contributed by atoms with van der Waals surface area (Å²) in [4.78, 5) is 4.25. The van der Waals surface area contributed by atoms with Gasteiger partial charge in [-0.1, -0.05) is 0 Å². The van der Waals surface area contributed by atoms with E-state index in [1.54, 1.807) is 18.3 Å². The number of rotatable bonds is 1. The number of aromatic nitrogens is 1. The minimum Gasteiger partial charge on any atom is -0.398 e. The topological polar surface area (TPSA) is 38.9 Å². The molecule has 4 heteroatoms. The Bertz CT molecular complexity index is 541.